The number of aryl methyl sites for hydroxylation is 8. The van der Waals surface area contributed by atoms with Crippen LogP contribution < -0.4 is 18.9 Å². The number of hydrogen-bond acceptors (Lipinski definition) is 4. The third kappa shape index (κ3) is 8.84. The molecule has 0 spiro atoms. The van der Waals surface area contributed by atoms with E-state index in [1.807, 2.05) is 0 Å². The topological polar surface area (TPSA) is 36.9 Å². The molecule has 0 atom stereocenters. The Labute approximate surface area is 394 Å². The molecule has 1 aliphatic rings. The largest absolute Gasteiger partial charge is 0.497 e. The van der Waals surface area contributed by atoms with Crippen LogP contribution in [0.5, 0.6) is 23.0 Å². The van der Waals surface area contributed by atoms with Crippen LogP contribution in [0, 0.1) is 55.4 Å². The van der Waals surface area contributed by atoms with E-state index in [-0.39, 0.29) is 0 Å². The van der Waals surface area contributed by atoms with Crippen molar-refractivity contribution in [2.75, 3.05) is 28.4 Å². The molecular formula is C62H70O4. The van der Waals surface area contributed by atoms with Gasteiger partial charge in [0, 0.05) is 0 Å². The molecule has 66 heavy (non-hydrogen) atoms. The Bertz CT molecular complexity index is 2550. The third-order valence-electron chi connectivity index (χ3n) is 14.4. The number of benzene rings is 8. The van der Waals surface area contributed by atoms with Crippen LogP contribution in [0.15, 0.2) is 84.9 Å². The van der Waals surface area contributed by atoms with E-state index in [2.05, 4.69) is 140 Å². The zero-order valence-corrected chi connectivity index (χ0v) is 41.8. The Morgan fingerprint density at radius 1 is 0.258 bits per heavy atom. The second-order valence-electron chi connectivity index (χ2n) is 19.1. The van der Waals surface area contributed by atoms with Crippen LogP contribution in [0.1, 0.15) is 109 Å². The standard InChI is InChI=1S/C52H50O4.C10H20/c1-27-17-35(53-9)18-28(2)47(27)43-25-44(48-29(3)19-36(54-10)20-30(48)4)40-15-16-42-46(50-33(7)23-38(56-12)24-34(50)8)26-45(41-14-13-39(43)51(40)52(41)42)49-31(5)21-37(55-11)22-32(49)6;1-2-4-6-8-10-9-7-5-3-1/h13-26H,1-12H3;1-10H2. The summed E-state index contributed by atoms with van der Waals surface area (Å²) < 4.78 is 23.0. The highest BCUT2D eigenvalue weighted by Gasteiger charge is 2.25. The summed E-state index contributed by atoms with van der Waals surface area (Å²) in [5.41, 5.74) is 19.3. The molecule has 0 N–H and O–H groups in total. The van der Waals surface area contributed by atoms with Gasteiger partial charge in [-0.15, -0.1) is 0 Å². The molecule has 0 unspecified atom stereocenters. The van der Waals surface area contributed by atoms with E-state index in [9.17, 15) is 0 Å². The molecule has 4 heteroatoms. The Hall–Kier alpha value is -6.00. The molecule has 1 fully saturated rings. The van der Waals surface area contributed by atoms with Crippen molar-refractivity contribution in [3.05, 3.63) is 129 Å². The minimum absolute atomic E-state index is 0.869. The Kier molecular flexibility index (Phi) is 14.0. The van der Waals surface area contributed by atoms with Crippen molar-refractivity contribution in [1.29, 1.82) is 0 Å². The summed E-state index contributed by atoms with van der Waals surface area (Å²) in [6, 6.07) is 31.6. The number of ether oxygens (including phenoxy) is 4. The Morgan fingerprint density at radius 2 is 0.424 bits per heavy atom. The van der Waals surface area contributed by atoms with Gasteiger partial charge in [0.1, 0.15) is 23.0 Å². The zero-order valence-electron chi connectivity index (χ0n) is 41.8. The average molecular weight is 879 g/mol. The highest BCUT2D eigenvalue weighted by molar-refractivity contribution is 6.32. The maximum Gasteiger partial charge on any atom is 0.119 e. The Morgan fingerprint density at radius 3 is 0.576 bits per heavy atom. The van der Waals surface area contributed by atoms with Crippen molar-refractivity contribution in [2.45, 2.75) is 120 Å². The number of rotatable bonds is 8. The fraction of sp³-hybridized carbons (Fsp3) is 0.355. The van der Waals surface area contributed by atoms with Crippen molar-refractivity contribution >= 4 is 32.3 Å². The maximum absolute atomic E-state index is 5.74. The van der Waals surface area contributed by atoms with Crippen LogP contribution >= 0.6 is 0 Å². The van der Waals surface area contributed by atoms with Crippen molar-refractivity contribution in [2.24, 2.45) is 0 Å². The van der Waals surface area contributed by atoms with Crippen molar-refractivity contribution in [3.63, 3.8) is 0 Å². The average Bonchev–Trinajstić information content (AvgIpc) is 3.30. The lowest BCUT2D eigenvalue weighted by Gasteiger charge is -2.25. The van der Waals surface area contributed by atoms with E-state index in [0.29, 0.717) is 0 Å². The fourth-order valence-electron chi connectivity index (χ4n) is 11.5. The van der Waals surface area contributed by atoms with Gasteiger partial charge < -0.3 is 18.9 Å². The minimum Gasteiger partial charge on any atom is -0.497 e. The first kappa shape index (κ1) is 46.5. The van der Waals surface area contributed by atoms with Crippen molar-refractivity contribution in [3.8, 4) is 67.5 Å². The summed E-state index contributed by atoms with van der Waals surface area (Å²) in [6.45, 7) is 17.6. The van der Waals surface area contributed by atoms with Gasteiger partial charge in [-0.05, 0) is 237 Å². The summed E-state index contributed by atoms with van der Waals surface area (Å²) in [7, 11) is 6.96. The molecule has 0 amide bonds. The SMILES string of the molecule is C1CCCCCCCCC1.COc1cc(C)c(-c2cc(-c3c(C)cc(OC)cc3C)c3ccc4c(-c5c(C)cc(OC)cc5C)cc(-c5c(C)cc(OC)cc5C)c5ccc2c3c54)c(C)c1. The zero-order chi connectivity index (χ0) is 46.8. The van der Waals surface area contributed by atoms with Crippen LogP contribution in [0.3, 0.4) is 0 Å². The summed E-state index contributed by atoms with van der Waals surface area (Å²) in [6.07, 6.45) is 15.0. The lowest BCUT2D eigenvalue weighted by molar-refractivity contribution is 0.414. The molecule has 4 nitrogen and oxygen atoms in total. The number of hydrogen-bond donors (Lipinski definition) is 0. The van der Waals surface area contributed by atoms with Crippen LogP contribution in [0.4, 0.5) is 0 Å². The summed E-state index contributed by atoms with van der Waals surface area (Å²) in [5.74, 6) is 3.48. The normalized spacial score (nSPS) is 13.5. The molecule has 9 rings (SSSR count). The van der Waals surface area contributed by atoms with E-state index in [1.54, 1.807) is 28.4 Å². The summed E-state index contributed by atoms with van der Waals surface area (Å²) in [5, 5.41) is 7.47. The van der Waals surface area contributed by atoms with Crippen LogP contribution in [-0.2, 0) is 0 Å². The summed E-state index contributed by atoms with van der Waals surface area (Å²) in [4.78, 5) is 0. The molecule has 0 aromatic heterocycles. The highest BCUT2D eigenvalue weighted by atomic mass is 16.5. The number of methoxy groups -OCH3 is 4. The molecular weight excluding hydrogens is 809 g/mol. The monoisotopic (exact) mass is 879 g/mol. The molecule has 342 valence electrons. The predicted octanol–water partition coefficient (Wildman–Crippen LogP) is 17.7. The van der Waals surface area contributed by atoms with Gasteiger partial charge in [0.05, 0.1) is 28.4 Å². The van der Waals surface area contributed by atoms with Gasteiger partial charge in [-0.25, -0.2) is 0 Å². The quantitative estimate of drug-likeness (QED) is 0.143. The minimum atomic E-state index is 0.869. The van der Waals surface area contributed by atoms with E-state index >= 15 is 0 Å². The van der Waals surface area contributed by atoms with Crippen LogP contribution in [-0.4, -0.2) is 28.4 Å². The maximum atomic E-state index is 5.74. The molecule has 0 radical (unpaired) electrons. The van der Waals surface area contributed by atoms with Gasteiger partial charge >= 0.3 is 0 Å². The first-order valence-corrected chi connectivity index (χ1v) is 24.3. The van der Waals surface area contributed by atoms with E-state index in [4.69, 9.17) is 18.9 Å². The first-order valence-electron chi connectivity index (χ1n) is 24.3. The third-order valence-corrected chi connectivity index (χ3v) is 14.4. The fourth-order valence-corrected chi connectivity index (χ4v) is 11.5. The first-order chi connectivity index (χ1) is 31.9. The second kappa shape index (κ2) is 19.8. The van der Waals surface area contributed by atoms with Crippen molar-refractivity contribution < 1.29 is 18.9 Å². The molecule has 0 heterocycles. The molecule has 8 aromatic carbocycles. The molecule has 0 bridgehead atoms. The summed E-state index contributed by atoms with van der Waals surface area (Å²) >= 11 is 0. The van der Waals surface area contributed by atoms with Gasteiger partial charge in [0.25, 0.3) is 0 Å². The molecule has 1 saturated carbocycles. The molecule has 1 aliphatic carbocycles. The lowest BCUT2D eigenvalue weighted by Crippen LogP contribution is -2.00. The van der Waals surface area contributed by atoms with Crippen LogP contribution in [0.25, 0.3) is 76.8 Å². The van der Waals surface area contributed by atoms with Gasteiger partial charge in [0.2, 0.25) is 0 Å². The van der Waals surface area contributed by atoms with Gasteiger partial charge in [0.15, 0.2) is 0 Å². The van der Waals surface area contributed by atoms with Crippen LogP contribution in [0.2, 0.25) is 0 Å². The lowest BCUT2D eigenvalue weighted by atomic mass is 9.79. The van der Waals surface area contributed by atoms with Gasteiger partial charge in [-0.3, -0.25) is 0 Å². The van der Waals surface area contributed by atoms with Crippen molar-refractivity contribution in [1.82, 2.24) is 0 Å². The van der Waals surface area contributed by atoms with E-state index < -0.39 is 0 Å². The Balaban J connectivity index is 0.000000525. The van der Waals surface area contributed by atoms with E-state index in [0.717, 1.165) is 23.0 Å². The highest BCUT2D eigenvalue weighted by Crippen LogP contribution is 2.51. The predicted molar refractivity (Wildman–Crippen MR) is 282 cm³/mol. The van der Waals surface area contributed by atoms with E-state index in [1.165, 1.54) is 186 Å². The second-order valence-corrected chi connectivity index (χ2v) is 19.1. The molecule has 8 aromatic rings. The molecule has 0 aliphatic heterocycles. The van der Waals surface area contributed by atoms with Gasteiger partial charge in [-0.2, -0.15) is 0 Å². The molecule has 0 saturated heterocycles. The van der Waals surface area contributed by atoms with Gasteiger partial charge in [-0.1, -0.05) is 88.5 Å². The smallest absolute Gasteiger partial charge is 0.119 e.